The minimum Gasteiger partial charge on any atom is -0.392 e. The van der Waals surface area contributed by atoms with Crippen molar-refractivity contribution in [1.29, 1.82) is 0 Å². The van der Waals surface area contributed by atoms with Crippen molar-refractivity contribution in [2.75, 3.05) is 13.1 Å². The van der Waals surface area contributed by atoms with Crippen LogP contribution in [0.1, 0.15) is 12.8 Å². The number of sulfonamides is 1. The van der Waals surface area contributed by atoms with E-state index in [0.717, 1.165) is 0 Å². The lowest BCUT2D eigenvalue weighted by molar-refractivity contribution is 0.107. The highest BCUT2D eigenvalue weighted by molar-refractivity contribution is 7.89. The van der Waals surface area contributed by atoms with E-state index in [1.165, 1.54) is 22.2 Å². The van der Waals surface area contributed by atoms with Crippen LogP contribution in [0.2, 0.25) is 5.02 Å². The fourth-order valence-corrected chi connectivity index (χ4v) is 4.07. The van der Waals surface area contributed by atoms with Crippen LogP contribution in [-0.2, 0) is 17.1 Å². The summed E-state index contributed by atoms with van der Waals surface area (Å²) >= 11 is 5.83. The normalized spacial score (nSPS) is 22.9. The summed E-state index contributed by atoms with van der Waals surface area (Å²) in [7, 11) is -2.14. The SMILES string of the molecule is Cn1ncc(Cl)c1S(=O)(=O)N1CCCC(O)C1. The van der Waals surface area contributed by atoms with E-state index in [2.05, 4.69) is 5.10 Å². The topological polar surface area (TPSA) is 75.4 Å². The van der Waals surface area contributed by atoms with Gasteiger partial charge in [0.1, 0.15) is 0 Å². The first-order valence-electron chi connectivity index (χ1n) is 5.28. The van der Waals surface area contributed by atoms with E-state index in [1.54, 1.807) is 0 Å². The lowest BCUT2D eigenvalue weighted by Crippen LogP contribution is -2.42. The highest BCUT2D eigenvalue weighted by Crippen LogP contribution is 2.25. The molecular weight excluding hydrogens is 266 g/mol. The molecule has 1 atom stereocenters. The van der Waals surface area contributed by atoms with Crippen molar-refractivity contribution in [2.45, 2.75) is 24.0 Å². The van der Waals surface area contributed by atoms with Gasteiger partial charge in [0.05, 0.1) is 17.3 Å². The molecule has 0 aliphatic carbocycles. The Bertz CT molecular complexity index is 494. The second-order valence-electron chi connectivity index (χ2n) is 4.08. The van der Waals surface area contributed by atoms with Crippen LogP contribution in [0.3, 0.4) is 0 Å². The van der Waals surface area contributed by atoms with Crippen LogP contribution in [0, 0.1) is 0 Å². The monoisotopic (exact) mass is 279 g/mol. The molecule has 0 spiro atoms. The maximum absolute atomic E-state index is 12.3. The molecule has 8 heteroatoms. The summed E-state index contributed by atoms with van der Waals surface area (Å²) in [4.78, 5) is 0. The quantitative estimate of drug-likeness (QED) is 0.840. The minimum absolute atomic E-state index is 0.0201. The van der Waals surface area contributed by atoms with Gasteiger partial charge >= 0.3 is 0 Å². The van der Waals surface area contributed by atoms with Gasteiger partial charge in [-0.05, 0) is 12.8 Å². The maximum atomic E-state index is 12.3. The molecule has 0 saturated carbocycles. The first kappa shape index (κ1) is 12.8. The van der Waals surface area contributed by atoms with E-state index in [4.69, 9.17) is 11.6 Å². The molecule has 1 fully saturated rings. The molecule has 0 bridgehead atoms. The average Bonchev–Trinajstić information content (AvgIpc) is 2.59. The number of piperidine rings is 1. The van der Waals surface area contributed by atoms with Gasteiger partial charge in [0.15, 0.2) is 5.03 Å². The van der Waals surface area contributed by atoms with E-state index in [0.29, 0.717) is 19.4 Å². The Kier molecular flexibility index (Phi) is 3.44. The molecule has 1 aliphatic heterocycles. The number of aryl methyl sites for hydroxylation is 1. The predicted molar refractivity (Wildman–Crippen MR) is 62.2 cm³/mol. The van der Waals surface area contributed by atoms with Crippen molar-refractivity contribution in [2.24, 2.45) is 7.05 Å². The maximum Gasteiger partial charge on any atom is 0.261 e. The zero-order chi connectivity index (χ0) is 12.6. The summed E-state index contributed by atoms with van der Waals surface area (Å²) in [5.41, 5.74) is 0. The molecule has 1 aromatic heterocycles. The summed E-state index contributed by atoms with van der Waals surface area (Å²) in [6.07, 6.45) is 1.97. The Morgan fingerprint density at radius 3 is 2.82 bits per heavy atom. The van der Waals surface area contributed by atoms with E-state index in [-0.39, 0.29) is 16.6 Å². The van der Waals surface area contributed by atoms with E-state index >= 15 is 0 Å². The van der Waals surface area contributed by atoms with E-state index in [1.807, 2.05) is 0 Å². The van der Waals surface area contributed by atoms with Crippen molar-refractivity contribution in [3.05, 3.63) is 11.2 Å². The number of hydrogen-bond acceptors (Lipinski definition) is 4. The van der Waals surface area contributed by atoms with Crippen LogP contribution < -0.4 is 0 Å². The van der Waals surface area contributed by atoms with Crippen molar-refractivity contribution in [1.82, 2.24) is 14.1 Å². The molecule has 0 amide bonds. The first-order valence-corrected chi connectivity index (χ1v) is 7.10. The fraction of sp³-hybridized carbons (Fsp3) is 0.667. The third-order valence-electron chi connectivity index (χ3n) is 2.79. The highest BCUT2D eigenvalue weighted by atomic mass is 35.5. The summed E-state index contributed by atoms with van der Waals surface area (Å²) in [5, 5.41) is 13.4. The lowest BCUT2D eigenvalue weighted by atomic mass is 10.1. The summed E-state index contributed by atoms with van der Waals surface area (Å²) in [6, 6.07) is 0. The predicted octanol–water partition coefficient (Wildman–Crippen LogP) is 0.219. The molecule has 0 aromatic carbocycles. The Morgan fingerprint density at radius 2 is 2.29 bits per heavy atom. The van der Waals surface area contributed by atoms with Crippen LogP contribution in [-0.4, -0.2) is 46.8 Å². The van der Waals surface area contributed by atoms with Crippen LogP contribution in [0.4, 0.5) is 0 Å². The van der Waals surface area contributed by atoms with Gasteiger partial charge in [0.25, 0.3) is 10.0 Å². The molecule has 2 rings (SSSR count). The van der Waals surface area contributed by atoms with Crippen LogP contribution in [0.15, 0.2) is 11.2 Å². The standard InChI is InChI=1S/C9H14ClN3O3S/c1-12-9(8(10)5-11-12)17(15,16)13-4-2-3-7(14)6-13/h5,7,14H,2-4,6H2,1H3. The third kappa shape index (κ3) is 2.33. The average molecular weight is 280 g/mol. The van der Waals surface area contributed by atoms with Gasteiger partial charge < -0.3 is 5.11 Å². The second kappa shape index (κ2) is 4.56. The van der Waals surface area contributed by atoms with Crippen LogP contribution in [0.25, 0.3) is 0 Å². The number of rotatable bonds is 2. The number of β-amino-alcohol motifs (C(OH)–C–C–N with tert-alkyl or cyclic N) is 1. The van der Waals surface area contributed by atoms with Crippen molar-refractivity contribution >= 4 is 21.6 Å². The lowest BCUT2D eigenvalue weighted by Gasteiger charge is -2.29. The minimum atomic E-state index is -3.67. The molecular formula is C9H14ClN3O3S. The van der Waals surface area contributed by atoms with E-state index < -0.39 is 16.1 Å². The number of halogens is 1. The third-order valence-corrected chi connectivity index (χ3v) is 5.16. The Morgan fingerprint density at radius 1 is 1.59 bits per heavy atom. The number of aliphatic hydroxyl groups excluding tert-OH is 1. The van der Waals surface area contributed by atoms with Crippen molar-refractivity contribution in [3.8, 4) is 0 Å². The van der Waals surface area contributed by atoms with Crippen molar-refractivity contribution < 1.29 is 13.5 Å². The zero-order valence-electron chi connectivity index (χ0n) is 9.37. The number of aromatic nitrogens is 2. The second-order valence-corrected chi connectivity index (χ2v) is 6.34. The molecule has 17 heavy (non-hydrogen) atoms. The summed E-state index contributed by atoms with van der Waals surface area (Å²) in [5.74, 6) is 0. The number of aliphatic hydroxyl groups is 1. The molecule has 1 aliphatic rings. The van der Waals surface area contributed by atoms with Gasteiger partial charge in [-0.25, -0.2) is 8.42 Å². The van der Waals surface area contributed by atoms with Crippen LogP contribution >= 0.6 is 11.6 Å². The summed E-state index contributed by atoms with van der Waals surface area (Å²) < 4.78 is 27.1. The Balaban J connectivity index is 2.36. The summed E-state index contributed by atoms with van der Waals surface area (Å²) in [6.45, 7) is 0.519. The van der Waals surface area contributed by atoms with Gasteiger partial charge in [-0.1, -0.05) is 11.6 Å². The Labute approximate surface area is 105 Å². The smallest absolute Gasteiger partial charge is 0.261 e. The largest absolute Gasteiger partial charge is 0.392 e. The first-order chi connectivity index (χ1) is 7.93. The van der Waals surface area contributed by atoms with Gasteiger partial charge in [0, 0.05) is 20.1 Å². The molecule has 6 nitrogen and oxygen atoms in total. The molecule has 1 aromatic rings. The Hall–Kier alpha value is -0.630. The molecule has 0 radical (unpaired) electrons. The molecule has 1 N–H and O–H groups in total. The number of hydrogen-bond donors (Lipinski definition) is 1. The van der Waals surface area contributed by atoms with Gasteiger partial charge in [0.2, 0.25) is 0 Å². The highest BCUT2D eigenvalue weighted by Gasteiger charge is 2.33. The molecule has 1 saturated heterocycles. The molecule has 1 unspecified atom stereocenters. The van der Waals surface area contributed by atoms with E-state index in [9.17, 15) is 13.5 Å². The zero-order valence-corrected chi connectivity index (χ0v) is 10.9. The van der Waals surface area contributed by atoms with Gasteiger partial charge in [-0.2, -0.15) is 9.40 Å². The molecule has 2 heterocycles. The number of nitrogens with zero attached hydrogens (tertiary/aromatic N) is 3. The van der Waals surface area contributed by atoms with Gasteiger partial charge in [-0.15, -0.1) is 0 Å². The van der Waals surface area contributed by atoms with Crippen molar-refractivity contribution in [3.63, 3.8) is 0 Å². The fourth-order valence-electron chi connectivity index (χ4n) is 1.95. The van der Waals surface area contributed by atoms with Gasteiger partial charge in [-0.3, -0.25) is 4.68 Å². The molecule has 96 valence electrons. The van der Waals surface area contributed by atoms with Crippen LogP contribution in [0.5, 0.6) is 0 Å².